The smallest absolute Gasteiger partial charge is 0.251 e. The van der Waals surface area contributed by atoms with E-state index in [1.807, 2.05) is 61.5 Å². The zero-order chi connectivity index (χ0) is 19.6. The summed E-state index contributed by atoms with van der Waals surface area (Å²) in [5.74, 6) is 0.901. The second-order valence-corrected chi connectivity index (χ2v) is 7.53. The molecule has 1 heterocycles. The van der Waals surface area contributed by atoms with Gasteiger partial charge in [-0.05, 0) is 43.9 Å². The van der Waals surface area contributed by atoms with Gasteiger partial charge in [-0.3, -0.25) is 4.79 Å². The van der Waals surface area contributed by atoms with Gasteiger partial charge in [-0.15, -0.1) is 12.4 Å². The summed E-state index contributed by atoms with van der Waals surface area (Å²) in [5, 5.41) is 7.18. The van der Waals surface area contributed by atoms with Crippen LogP contribution in [0.2, 0.25) is 0 Å². The Morgan fingerprint density at radius 2 is 1.86 bits per heavy atom. The van der Waals surface area contributed by atoms with Gasteiger partial charge in [0.15, 0.2) is 5.82 Å². The van der Waals surface area contributed by atoms with Crippen molar-refractivity contribution < 1.29 is 9.32 Å². The van der Waals surface area contributed by atoms with Gasteiger partial charge in [0, 0.05) is 5.56 Å². The average Bonchev–Trinajstić information content (AvgIpc) is 3.15. The molecule has 0 bridgehead atoms. The molecule has 0 radical (unpaired) electrons. The molecule has 4 rings (SSSR count). The maximum absolute atomic E-state index is 12.8. The molecular weight excluding hydrogens is 388 g/mol. The van der Waals surface area contributed by atoms with Crippen molar-refractivity contribution in [2.45, 2.75) is 44.2 Å². The highest BCUT2D eigenvalue weighted by atomic mass is 35.5. The molecule has 1 atom stereocenters. The number of aromatic nitrogens is 2. The molecule has 1 amide bonds. The zero-order valence-electron chi connectivity index (χ0n) is 16.3. The lowest BCUT2D eigenvalue weighted by Gasteiger charge is -2.34. The lowest BCUT2D eigenvalue weighted by molar-refractivity contribution is 0.0935. The molecular formula is C22H25ClN4O2. The fraction of sp³-hybridized carbons (Fsp3) is 0.318. The molecule has 1 aliphatic rings. The van der Waals surface area contributed by atoms with Crippen molar-refractivity contribution in [1.82, 2.24) is 15.5 Å². The Labute approximate surface area is 176 Å². The van der Waals surface area contributed by atoms with E-state index in [2.05, 4.69) is 15.5 Å². The van der Waals surface area contributed by atoms with Gasteiger partial charge in [0.25, 0.3) is 5.91 Å². The molecule has 0 spiro atoms. The summed E-state index contributed by atoms with van der Waals surface area (Å²) in [5.41, 5.74) is 8.54. The largest absolute Gasteiger partial charge is 0.345 e. The van der Waals surface area contributed by atoms with Crippen LogP contribution in [-0.2, 0) is 12.0 Å². The average molecular weight is 413 g/mol. The molecule has 3 N–H and O–H groups in total. The van der Waals surface area contributed by atoms with Crippen LogP contribution in [0.25, 0.3) is 0 Å². The fourth-order valence-corrected chi connectivity index (χ4v) is 3.38. The Morgan fingerprint density at radius 3 is 2.48 bits per heavy atom. The summed E-state index contributed by atoms with van der Waals surface area (Å²) < 4.78 is 5.45. The van der Waals surface area contributed by atoms with Crippen molar-refractivity contribution in [2.75, 3.05) is 0 Å². The summed E-state index contributed by atoms with van der Waals surface area (Å²) in [6.07, 6.45) is 3.24. The summed E-state index contributed by atoms with van der Waals surface area (Å²) in [7, 11) is 0. The quantitative estimate of drug-likeness (QED) is 0.641. The van der Waals surface area contributed by atoms with Crippen molar-refractivity contribution in [3.8, 4) is 0 Å². The van der Waals surface area contributed by atoms with Crippen LogP contribution in [0.4, 0.5) is 0 Å². The van der Waals surface area contributed by atoms with E-state index in [9.17, 15) is 4.79 Å². The highest BCUT2D eigenvalue weighted by Crippen LogP contribution is 2.37. The van der Waals surface area contributed by atoms with E-state index in [-0.39, 0.29) is 24.4 Å². The molecule has 0 aliphatic heterocycles. The van der Waals surface area contributed by atoms with Crippen LogP contribution in [0, 0.1) is 6.92 Å². The molecule has 1 aliphatic carbocycles. The zero-order valence-corrected chi connectivity index (χ0v) is 17.1. The molecule has 6 nitrogen and oxygen atoms in total. The molecule has 1 saturated carbocycles. The van der Waals surface area contributed by atoms with Crippen LogP contribution >= 0.6 is 12.4 Å². The minimum Gasteiger partial charge on any atom is -0.345 e. The first-order valence-electron chi connectivity index (χ1n) is 9.58. The number of halogens is 1. The molecule has 152 valence electrons. The van der Waals surface area contributed by atoms with E-state index in [0.717, 1.165) is 30.4 Å². The third-order valence-electron chi connectivity index (χ3n) is 5.36. The third-order valence-corrected chi connectivity index (χ3v) is 5.36. The van der Waals surface area contributed by atoms with Crippen LogP contribution in [0.5, 0.6) is 0 Å². The minimum absolute atomic E-state index is 0. The molecule has 1 fully saturated rings. The number of nitrogens with one attached hydrogen (secondary N) is 1. The third kappa shape index (κ3) is 4.66. The van der Waals surface area contributed by atoms with Crippen molar-refractivity contribution >= 4 is 18.3 Å². The van der Waals surface area contributed by atoms with E-state index in [1.165, 1.54) is 0 Å². The van der Waals surface area contributed by atoms with Crippen molar-refractivity contribution in [3.05, 3.63) is 83.0 Å². The molecule has 2 aromatic carbocycles. The molecule has 7 heteroatoms. The second kappa shape index (κ2) is 8.76. The molecule has 0 saturated heterocycles. The number of carbonyl (C=O) groups is 1. The first-order valence-corrected chi connectivity index (χ1v) is 9.58. The van der Waals surface area contributed by atoms with E-state index in [1.54, 1.807) is 0 Å². The standard InChI is InChI=1S/C22H24N4O2.ClH/c1-15-8-10-17(11-9-15)20(27)24-18(16-6-3-2-4-7-16)14-19-25-21(26-28-19)22(23)12-5-13-22;/h2-4,6-11,18H,5,12-14,23H2,1H3,(H,24,27);1H. The molecule has 1 unspecified atom stereocenters. The topological polar surface area (TPSA) is 94.0 Å². The van der Waals surface area contributed by atoms with E-state index in [4.69, 9.17) is 10.3 Å². The van der Waals surface area contributed by atoms with Gasteiger partial charge >= 0.3 is 0 Å². The lowest BCUT2D eigenvalue weighted by atomic mass is 9.77. The highest BCUT2D eigenvalue weighted by Gasteiger charge is 2.39. The lowest BCUT2D eigenvalue weighted by Crippen LogP contribution is -2.44. The maximum atomic E-state index is 12.8. The summed E-state index contributed by atoms with van der Waals surface area (Å²) in [6.45, 7) is 1.99. The molecule has 29 heavy (non-hydrogen) atoms. The van der Waals surface area contributed by atoms with E-state index in [0.29, 0.717) is 23.7 Å². The number of aryl methyl sites for hydroxylation is 1. The Balaban J connectivity index is 0.00000240. The van der Waals surface area contributed by atoms with Crippen LogP contribution in [-0.4, -0.2) is 16.0 Å². The van der Waals surface area contributed by atoms with Gasteiger partial charge in [0.1, 0.15) is 0 Å². The van der Waals surface area contributed by atoms with Crippen LogP contribution in [0.15, 0.2) is 59.1 Å². The number of carbonyl (C=O) groups excluding carboxylic acids is 1. The van der Waals surface area contributed by atoms with Gasteiger partial charge in [0.2, 0.25) is 5.89 Å². The van der Waals surface area contributed by atoms with Crippen LogP contribution in [0.1, 0.15) is 58.5 Å². The summed E-state index contributed by atoms with van der Waals surface area (Å²) in [4.78, 5) is 17.3. The first-order chi connectivity index (χ1) is 13.5. The van der Waals surface area contributed by atoms with Crippen LogP contribution in [0.3, 0.4) is 0 Å². The maximum Gasteiger partial charge on any atom is 0.251 e. The second-order valence-electron chi connectivity index (χ2n) is 7.53. The molecule has 3 aromatic rings. The van der Waals surface area contributed by atoms with E-state index >= 15 is 0 Å². The number of benzene rings is 2. The summed E-state index contributed by atoms with van der Waals surface area (Å²) >= 11 is 0. The Bertz CT molecular complexity index is 952. The number of amides is 1. The van der Waals surface area contributed by atoms with Gasteiger partial charge in [-0.1, -0.05) is 53.2 Å². The SMILES string of the molecule is Cc1ccc(C(=O)NC(Cc2nc(C3(N)CCC3)no2)c2ccccc2)cc1.Cl. The Kier molecular flexibility index (Phi) is 6.35. The van der Waals surface area contributed by atoms with Gasteiger partial charge < -0.3 is 15.6 Å². The Morgan fingerprint density at radius 1 is 1.17 bits per heavy atom. The van der Waals surface area contributed by atoms with Gasteiger partial charge in [0.05, 0.1) is 18.0 Å². The minimum atomic E-state index is -0.463. The Hall–Kier alpha value is -2.70. The first kappa shape index (κ1) is 21.0. The number of hydrogen-bond donors (Lipinski definition) is 2. The van der Waals surface area contributed by atoms with Crippen molar-refractivity contribution in [1.29, 1.82) is 0 Å². The van der Waals surface area contributed by atoms with E-state index < -0.39 is 5.54 Å². The van der Waals surface area contributed by atoms with Gasteiger partial charge in [-0.2, -0.15) is 4.98 Å². The van der Waals surface area contributed by atoms with Gasteiger partial charge in [-0.25, -0.2) is 0 Å². The van der Waals surface area contributed by atoms with Crippen molar-refractivity contribution in [3.63, 3.8) is 0 Å². The van der Waals surface area contributed by atoms with Crippen LogP contribution < -0.4 is 11.1 Å². The number of hydrogen-bond acceptors (Lipinski definition) is 5. The van der Waals surface area contributed by atoms with Crippen molar-refractivity contribution in [2.24, 2.45) is 5.73 Å². The number of nitrogens with two attached hydrogens (primary N) is 1. The highest BCUT2D eigenvalue weighted by molar-refractivity contribution is 5.94. The summed E-state index contributed by atoms with van der Waals surface area (Å²) in [6, 6.07) is 17.0. The predicted octanol–water partition coefficient (Wildman–Crippen LogP) is 3.85. The number of nitrogens with zero attached hydrogens (tertiary/aromatic N) is 2. The monoisotopic (exact) mass is 412 g/mol. The number of rotatable bonds is 6. The fourth-order valence-electron chi connectivity index (χ4n) is 3.38. The predicted molar refractivity (Wildman–Crippen MR) is 113 cm³/mol. The molecule has 1 aromatic heterocycles. The normalized spacial score (nSPS) is 15.7.